The highest BCUT2D eigenvalue weighted by Crippen LogP contribution is 2.63. The first-order chi connectivity index (χ1) is 9.98. The Morgan fingerprint density at radius 2 is 1.86 bits per heavy atom. The van der Waals surface area contributed by atoms with Crippen LogP contribution in [-0.2, 0) is 0 Å². The van der Waals surface area contributed by atoms with E-state index >= 15 is 0 Å². The van der Waals surface area contributed by atoms with Crippen molar-refractivity contribution >= 4 is 0 Å². The zero-order valence-corrected chi connectivity index (χ0v) is 15.3. The Morgan fingerprint density at radius 3 is 2.45 bits per heavy atom. The van der Waals surface area contributed by atoms with Gasteiger partial charge in [0.2, 0.25) is 0 Å². The molecule has 0 aromatic rings. The van der Waals surface area contributed by atoms with Crippen molar-refractivity contribution in [3.8, 4) is 0 Å². The minimum Gasteiger partial charge on any atom is -0.389 e. The maximum absolute atomic E-state index is 11.7. The van der Waals surface area contributed by atoms with Crippen LogP contribution in [0.2, 0.25) is 0 Å². The third-order valence-corrected chi connectivity index (χ3v) is 7.37. The molecule has 2 N–H and O–H groups in total. The molecule has 2 saturated carbocycles. The zero-order valence-electron chi connectivity index (χ0n) is 15.3. The van der Waals surface area contributed by atoms with Crippen molar-refractivity contribution in [2.75, 3.05) is 0 Å². The highest BCUT2D eigenvalue weighted by atomic mass is 16.3. The fourth-order valence-corrected chi connectivity index (χ4v) is 5.65. The van der Waals surface area contributed by atoms with E-state index in [-0.39, 0.29) is 5.41 Å². The molecule has 0 bridgehead atoms. The molecule has 0 aromatic carbocycles. The van der Waals surface area contributed by atoms with Crippen LogP contribution in [0, 0.1) is 22.7 Å². The molecule has 0 radical (unpaired) electrons. The first-order valence-corrected chi connectivity index (χ1v) is 9.07. The van der Waals surface area contributed by atoms with E-state index in [2.05, 4.69) is 34.3 Å². The Morgan fingerprint density at radius 1 is 1.23 bits per heavy atom. The molecule has 2 fully saturated rings. The van der Waals surface area contributed by atoms with Gasteiger partial charge in [-0.2, -0.15) is 0 Å². The molecule has 2 aliphatic rings. The van der Waals surface area contributed by atoms with E-state index in [4.69, 9.17) is 0 Å². The Balaban J connectivity index is 2.32. The predicted octanol–water partition coefficient (Wildman–Crippen LogP) is 4.70. The van der Waals surface area contributed by atoms with Crippen molar-refractivity contribution in [1.29, 1.82) is 0 Å². The summed E-state index contributed by atoms with van der Waals surface area (Å²) < 4.78 is 0. The lowest BCUT2D eigenvalue weighted by Crippen LogP contribution is -2.62. The molecule has 5 atom stereocenters. The van der Waals surface area contributed by atoms with Crippen LogP contribution in [0.1, 0.15) is 79.6 Å². The van der Waals surface area contributed by atoms with Gasteiger partial charge >= 0.3 is 0 Å². The van der Waals surface area contributed by atoms with Crippen molar-refractivity contribution in [3.05, 3.63) is 12.7 Å². The summed E-state index contributed by atoms with van der Waals surface area (Å²) in [5.74, 6) is 0.867. The Hall–Kier alpha value is -0.340. The molecule has 0 spiro atoms. The van der Waals surface area contributed by atoms with Crippen molar-refractivity contribution in [2.24, 2.45) is 22.7 Å². The van der Waals surface area contributed by atoms with Crippen LogP contribution >= 0.6 is 0 Å². The molecule has 0 heterocycles. The standard InChI is InChI=1S/C20H36O2/c1-7-18(5,21)13-14-20(22)15(2)9-10-16-17(3,4)11-8-12-19(16,20)6/h7,15-16,21-22H,1,8-14H2,2-6H3/t15-,16+,18+,19+,20-/m0/s1. The summed E-state index contributed by atoms with van der Waals surface area (Å²) >= 11 is 0. The Labute approximate surface area is 137 Å². The van der Waals surface area contributed by atoms with Gasteiger partial charge < -0.3 is 10.2 Å². The molecular weight excluding hydrogens is 272 g/mol. The molecule has 128 valence electrons. The van der Waals surface area contributed by atoms with Gasteiger partial charge in [-0.15, -0.1) is 6.58 Å². The van der Waals surface area contributed by atoms with E-state index in [9.17, 15) is 10.2 Å². The number of hydrogen-bond donors (Lipinski definition) is 2. The van der Waals surface area contributed by atoms with Gasteiger partial charge in [0.15, 0.2) is 0 Å². The number of rotatable bonds is 4. The number of hydrogen-bond acceptors (Lipinski definition) is 2. The molecule has 0 aliphatic heterocycles. The van der Waals surface area contributed by atoms with Crippen LogP contribution in [0.15, 0.2) is 12.7 Å². The monoisotopic (exact) mass is 308 g/mol. The highest BCUT2D eigenvalue weighted by Gasteiger charge is 2.61. The summed E-state index contributed by atoms with van der Waals surface area (Å²) in [7, 11) is 0. The summed E-state index contributed by atoms with van der Waals surface area (Å²) in [4.78, 5) is 0. The van der Waals surface area contributed by atoms with E-state index < -0.39 is 11.2 Å². The SMILES string of the molecule is C=C[C@@](C)(O)CC[C@]1(O)[C@@H](C)CC[C@@H]2C(C)(C)CCC[C@]21C. The molecule has 22 heavy (non-hydrogen) atoms. The number of aliphatic hydroxyl groups is 2. The quantitative estimate of drug-likeness (QED) is 0.739. The number of fused-ring (bicyclic) bond motifs is 1. The second-order valence-electron chi connectivity index (χ2n) is 9.28. The van der Waals surface area contributed by atoms with Gasteiger partial charge in [0.1, 0.15) is 0 Å². The van der Waals surface area contributed by atoms with Crippen molar-refractivity contribution in [3.63, 3.8) is 0 Å². The highest BCUT2D eigenvalue weighted by molar-refractivity contribution is 5.11. The van der Waals surface area contributed by atoms with Crippen LogP contribution in [-0.4, -0.2) is 21.4 Å². The lowest BCUT2D eigenvalue weighted by Gasteiger charge is -2.63. The van der Waals surface area contributed by atoms with Crippen LogP contribution in [0.25, 0.3) is 0 Å². The summed E-state index contributed by atoms with van der Waals surface area (Å²) in [6.07, 6.45) is 8.75. The van der Waals surface area contributed by atoms with Gasteiger partial charge in [0.25, 0.3) is 0 Å². The molecular formula is C20H36O2. The van der Waals surface area contributed by atoms with Crippen molar-refractivity contribution < 1.29 is 10.2 Å². The van der Waals surface area contributed by atoms with E-state index in [1.807, 2.05) is 0 Å². The average Bonchev–Trinajstić information content (AvgIpc) is 2.42. The first kappa shape index (κ1) is 18.0. The molecule has 0 unspecified atom stereocenters. The van der Waals surface area contributed by atoms with E-state index in [0.29, 0.717) is 30.1 Å². The van der Waals surface area contributed by atoms with Gasteiger partial charge in [0.05, 0.1) is 11.2 Å². The maximum atomic E-state index is 11.7. The third kappa shape index (κ3) is 2.78. The zero-order chi connectivity index (χ0) is 16.8. The molecule has 0 aromatic heterocycles. The van der Waals surface area contributed by atoms with E-state index in [1.165, 1.54) is 19.3 Å². The fourth-order valence-electron chi connectivity index (χ4n) is 5.65. The minimum absolute atomic E-state index is 0.0380. The first-order valence-electron chi connectivity index (χ1n) is 9.07. The second-order valence-corrected chi connectivity index (χ2v) is 9.28. The fraction of sp³-hybridized carbons (Fsp3) is 0.900. The summed E-state index contributed by atoms with van der Waals surface area (Å²) in [6, 6.07) is 0. The van der Waals surface area contributed by atoms with Crippen LogP contribution < -0.4 is 0 Å². The largest absolute Gasteiger partial charge is 0.389 e. The topological polar surface area (TPSA) is 40.5 Å². The van der Waals surface area contributed by atoms with Gasteiger partial charge in [-0.3, -0.25) is 0 Å². The molecule has 2 rings (SSSR count). The summed E-state index contributed by atoms with van der Waals surface area (Å²) in [6.45, 7) is 14.8. The van der Waals surface area contributed by atoms with Gasteiger partial charge in [0, 0.05) is 0 Å². The van der Waals surface area contributed by atoms with Gasteiger partial charge in [-0.25, -0.2) is 0 Å². The predicted molar refractivity (Wildman–Crippen MR) is 92.6 cm³/mol. The van der Waals surface area contributed by atoms with E-state index in [1.54, 1.807) is 13.0 Å². The van der Waals surface area contributed by atoms with Crippen LogP contribution in [0.4, 0.5) is 0 Å². The molecule has 2 aliphatic carbocycles. The summed E-state index contributed by atoms with van der Waals surface area (Å²) in [5, 5.41) is 22.0. The van der Waals surface area contributed by atoms with E-state index in [0.717, 1.165) is 12.8 Å². The summed E-state index contributed by atoms with van der Waals surface area (Å²) in [5.41, 5.74) is -1.30. The molecule has 0 saturated heterocycles. The smallest absolute Gasteiger partial charge is 0.0798 e. The lowest BCUT2D eigenvalue weighted by atomic mass is 9.44. The van der Waals surface area contributed by atoms with Crippen LogP contribution in [0.5, 0.6) is 0 Å². The normalized spacial score (nSPS) is 44.0. The van der Waals surface area contributed by atoms with Crippen molar-refractivity contribution in [1.82, 2.24) is 0 Å². The van der Waals surface area contributed by atoms with Gasteiger partial charge in [-0.1, -0.05) is 40.2 Å². The lowest BCUT2D eigenvalue weighted by molar-refractivity contribution is -0.215. The van der Waals surface area contributed by atoms with Crippen molar-refractivity contribution in [2.45, 2.75) is 90.8 Å². The maximum Gasteiger partial charge on any atom is 0.0798 e. The Bertz CT molecular complexity index is 425. The van der Waals surface area contributed by atoms with Crippen LogP contribution in [0.3, 0.4) is 0 Å². The molecule has 0 amide bonds. The second kappa shape index (κ2) is 5.63. The molecule has 2 nitrogen and oxygen atoms in total. The third-order valence-electron chi connectivity index (χ3n) is 7.37. The average molecular weight is 309 g/mol. The molecule has 2 heteroatoms. The minimum atomic E-state index is -0.886. The van der Waals surface area contributed by atoms with Gasteiger partial charge in [-0.05, 0) is 68.1 Å². The Kier molecular flexibility index (Phi) is 4.61.